The molecule has 0 aliphatic heterocycles. The number of nitrogens with zero attached hydrogens (tertiary/aromatic N) is 1. The number of benzene rings is 1. The molecule has 1 aromatic rings. The van der Waals surface area contributed by atoms with E-state index in [1.54, 1.807) is 13.1 Å². The second kappa shape index (κ2) is 5.25. The van der Waals surface area contributed by atoms with E-state index < -0.39 is 0 Å². The van der Waals surface area contributed by atoms with Crippen molar-refractivity contribution >= 4 is 44.4 Å². The molecular weight excluding hydrogens is 376 g/mol. The first-order chi connectivity index (χ1) is 6.97. The maximum Gasteiger partial charge on any atom is 0.254 e. The van der Waals surface area contributed by atoms with E-state index in [2.05, 4.69) is 15.9 Å². The monoisotopic (exact) mass is 385 g/mol. The van der Waals surface area contributed by atoms with Crippen LogP contribution in [-0.2, 0) is 0 Å². The van der Waals surface area contributed by atoms with Crippen molar-refractivity contribution in [3.05, 3.63) is 31.6 Å². The normalized spacial score (nSPS) is 10.2. The van der Waals surface area contributed by atoms with Crippen LogP contribution in [0.2, 0.25) is 0 Å². The molecule has 0 aromatic heterocycles. The summed E-state index contributed by atoms with van der Waals surface area (Å²) in [4.78, 5) is 13.3. The molecule has 0 aliphatic carbocycles. The lowest BCUT2D eigenvalue weighted by atomic mass is 10.2. The molecule has 0 bridgehead atoms. The molecule has 0 saturated heterocycles. The number of carbonyl (C=O) groups excluding carboxylic acids is 1. The summed E-state index contributed by atoms with van der Waals surface area (Å²) in [5, 5.41) is 0. The van der Waals surface area contributed by atoms with Gasteiger partial charge in [0, 0.05) is 21.6 Å². The highest BCUT2D eigenvalue weighted by molar-refractivity contribution is 14.1. The molecule has 0 fully saturated rings. The lowest BCUT2D eigenvalue weighted by Crippen LogP contribution is -2.26. The second-order valence-electron chi connectivity index (χ2n) is 3.07. The first-order valence-electron chi connectivity index (χ1n) is 4.37. The maximum atomic E-state index is 13.3. The zero-order valence-corrected chi connectivity index (χ0v) is 12.1. The van der Waals surface area contributed by atoms with E-state index in [0.717, 1.165) is 0 Å². The molecule has 15 heavy (non-hydrogen) atoms. The van der Waals surface area contributed by atoms with Crippen molar-refractivity contribution in [2.75, 3.05) is 13.6 Å². The van der Waals surface area contributed by atoms with Crippen LogP contribution < -0.4 is 0 Å². The van der Waals surface area contributed by atoms with Crippen LogP contribution in [0.5, 0.6) is 0 Å². The Kier molecular flexibility index (Phi) is 4.51. The molecule has 2 nitrogen and oxygen atoms in total. The Morgan fingerprint density at radius 3 is 2.73 bits per heavy atom. The van der Waals surface area contributed by atoms with E-state index in [-0.39, 0.29) is 11.7 Å². The van der Waals surface area contributed by atoms with Crippen LogP contribution in [0.25, 0.3) is 0 Å². The standard InChI is InChI=1S/C10H10BrFINO/c1-3-14(2)10(15)6-4-8(12)9(13)5-7(6)11/h4-5H,3H2,1-2H3. The van der Waals surface area contributed by atoms with Crippen LogP contribution in [0.4, 0.5) is 4.39 Å². The van der Waals surface area contributed by atoms with E-state index in [0.29, 0.717) is 20.2 Å². The topological polar surface area (TPSA) is 20.3 Å². The zero-order chi connectivity index (χ0) is 11.6. The van der Waals surface area contributed by atoms with E-state index >= 15 is 0 Å². The van der Waals surface area contributed by atoms with Gasteiger partial charge in [0.05, 0.1) is 5.56 Å². The van der Waals surface area contributed by atoms with Gasteiger partial charge in [-0.1, -0.05) is 0 Å². The molecule has 0 heterocycles. The number of hydrogen-bond acceptors (Lipinski definition) is 1. The summed E-state index contributed by atoms with van der Waals surface area (Å²) in [5.41, 5.74) is 0.359. The van der Waals surface area contributed by atoms with E-state index in [1.807, 2.05) is 29.5 Å². The third-order valence-electron chi connectivity index (χ3n) is 2.06. The van der Waals surface area contributed by atoms with Crippen molar-refractivity contribution in [1.29, 1.82) is 0 Å². The fraction of sp³-hybridized carbons (Fsp3) is 0.300. The van der Waals surface area contributed by atoms with Crippen LogP contribution >= 0.6 is 38.5 Å². The lowest BCUT2D eigenvalue weighted by molar-refractivity contribution is 0.0801. The molecular formula is C10H10BrFINO. The SMILES string of the molecule is CCN(C)C(=O)c1cc(F)c(I)cc1Br. The van der Waals surface area contributed by atoms with Gasteiger partial charge in [-0.15, -0.1) is 0 Å². The molecule has 0 spiro atoms. The van der Waals surface area contributed by atoms with Crippen LogP contribution in [0.1, 0.15) is 17.3 Å². The summed E-state index contributed by atoms with van der Waals surface area (Å²) in [5.74, 6) is -0.550. The fourth-order valence-electron chi connectivity index (χ4n) is 1.04. The number of amides is 1. The average molecular weight is 386 g/mol. The van der Waals surface area contributed by atoms with Crippen LogP contribution in [0.3, 0.4) is 0 Å². The molecule has 1 aromatic carbocycles. The van der Waals surface area contributed by atoms with Gasteiger partial charge in [0.1, 0.15) is 5.82 Å². The van der Waals surface area contributed by atoms with E-state index in [9.17, 15) is 9.18 Å². The fourth-order valence-corrected chi connectivity index (χ4v) is 2.44. The maximum absolute atomic E-state index is 13.3. The van der Waals surface area contributed by atoms with E-state index in [4.69, 9.17) is 0 Å². The number of rotatable bonds is 2. The van der Waals surface area contributed by atoms with Crippen LogP contribution in [0, 0.1) is 9.39 Å². The third kappa shape index (κ3) is 2.90. The van der Waals surface area contributed by atoms with Gasteiger partial charge >= 0.3 is 0 Å². The summed E-state index contributed by atoms with van der Waals surface area (Å²) in [6.07, 6.45) is 0. The molecule has 1 amide bonds. The van der Waals surface area contributed by atoms with Gasteiger partial charge in [-0.05, 0) is 57.6 Å². The molecule has 82 valence electrons. The largest absolute Gasteiger partial charge is 0.342 e. The summed E-state index contributed by atoms with van der Waals surface area (Å²) in [7, 11) is 1.69. The number of carbonyl (C=O) groups is 1. The molecule has 0 atom stereocenters. The van der Waals surface area contributed by atoms with Gasteiger partial charge < -0.3 is 4.90 Å². The molecule has 0 N–H and O–H groups in total. The van der Waals surface area contributed by atoms with Gasteiger partial charge in [0.2, 0.25) is 0 Å². The Morgan fingerprint density at radius 1 is 1.60 bits per heavy atom. The average Bonchev–Trinajstić information content (AvgIpc) is 2.21. The van der Waals surface area contributed by atoms with Crippen molar-refractivity contribution in [2.24, 2.45) is 0 Å². The minimum absolute atomic E-state index is 0.181. The number of halogens is 3. The Balaban J connectivity index is 3.15. The Bertz CT molecular complexity index is 397. The Labute approximate surface area is 110 Å². The lowest BCUT2D eigenvalue weighted by Gasteiger charge is -2.15. The number of hydrogen-bond donors (Lipinski definition) is 0. The molecule has 0 aliphatic rings. The van der Waals surface area contributed by atoms with Crippen LogP contribution in [0.15, 0.2) is 16.6 Å². The van der Waals surface area contributed by atoms with Gasteiger partial charge in [0.15, 0.2) is 0 Å². The molecule has 0 unspecified atom stereocenters. The van der Waals surface area contributed by atoms with E-state index in [1.165, 1.54) is 11.0 Å². The van der Waals surface area contributed by atoms with Gasteiger partial charge in [-0.2, -0.15) is 0 Å². The van der Waals surface area contributed by atoms with Crippen molar-refractivity contribution in [3.8, 4) is 0 Å². The van der Waals surface area contributed by atoms with Crippen molar-refractivity contribution < 1.29 is 9.18 Å². The van der Waals surface area contributed by atoms with Crippen LogP contribution in [-0.4, -0.2) is 24.4 Å². The second-order valence-corrected chi connectivity index (χ2v) is 5.08. The minimum Gasteiger partial charge on any atom is -0.342 e. The van der Waals surface area contributed by atoms with Gasteiger partial charge in [-0.3, -0.25) is 4.79 Å². The molecule has 5 heteroatoms. The molecule has 0 saturated carbocycles. The first kappa shape index (κ1) is 12.9. The quantitative estimate of drug-likeness (QED) is 0.565. The van der Waals surface area contributed by atoms with Gasteiger partial charge in [-0.25, -0.2) is 4.39 Å². The van der Waals surface area contributed by atoms with Crippen molar-refractivity contribution in [1.82, 2.24) is 4.90 Å². The molecule has 1 rings (SSSR count). The smallest absolute Gasteiger partial charge is 0.254 e. The zero-order valence-electron chi connectivity index (χ0n) is 8.35. The summed E-state index contributed by atoms with van der Waals surface area (Å²) < 4.78 is 14.4. The van der Waals surface area contributed by atoms with Crippen molar-refractivity contribution in [3.63, 3.8) is 0 Å². The predicted molar refractivity (Wildman–Crippen MR) is 69.5 cm³/mol. The van der Waals surface area contributed by atoms with Gasteiger partial charge in [0.25, 0.3) is 5.91 Å². The molecule has 0 radical (unpaired) electrons. The highest BCUT2D eigenvalue weighted by Crippen LogP contribution is 2.23. The minimum atomic E-state index is -0.369. The third-order valence-corrected chi connectivity index (χ3v) is 3.54. The highest BCUT2D eigenvalue weighted by atomic mass is 127. The summed E-state index contributed by atoms with van der Waals surface area (Å²) >= 11 is 5.15. The summed E-state index contributed by atoms with van der Waals surface area (Å²) in [6.45, 7) is 2.47. The first-order valence-corrected chi connectivity index (χ1v) is 6.24. The summed E-state index contributed by atoms with van der Waals surface area (Å²) in [6, 6.07) is 2.87. The van der Waals surface area contributed by atoms with Crippen molar-refractivity contribution in [2.45, 2.75) is 6.92 Å². The highest BCUT2D eigenvalue weighted by Gasteiger charge is 2.16. The Hall–Kier alpha value is -0.170. The predicted octanol–water partition coefficient (Wildman–Crippen LogP) is 3.28. The Morgan fingerprint density at radius 2 is 2.20 bits per heavy atom.